The van der Waals surface area contributed by atoms with Crippen molar-refractivity contribution in [1.82, 2.24) is 10.3 Å². The number of para-hydroxylation sites is 2. The molecule has 2 aliphatic rings. The lowest BCUT2D eigenvalue weighted by Gasteiger charge is -2.43. The van der Waals surface area contributed by atoms with Crippen LogP contribution >= 0.6 is 0 Å². The van der Waals surface area contributed by atoms with Crippen LogP contribution in [-0.4, -0.2) is 40.6 Å². The molecule has 0 bridgehead atoms. The van der Waals surface area contributed by atoms with Crippen LogP contribution in [0, 0.1) is 5.92 Å². The summed E-state index contributed by atoms with van der Waals surface area (Å²) in [7, 11) is 0. The van der Waals surface area contributed by atoms with Crippen LogP contribution in [0.5, 0.6) is 0 Å². The van der Waals surface area contributed by atoms with Crippen molar-refractivity contribution in [3.8, 4) is 0 Å². The fourth-order valence-corrected chi connectivity index (χ4v) is 3.93. The SMILES string of the molecule is O=C(O)CC1(NC(=O)C2CCN(c3nc4ccccc4o3)CC2)CCC1. The maximum Gasteiger partial charge on any atom is 0.305 e. The summed E-state index contributed by atoms with van der Waals surface area (Å²) in [6.07, 6.45) is 3.94. The van der Waals surface area contributed by atoms with E-state index in [-0.39, 0.29) is 18.2 Å². The van der Waals surface area contributed by atoms with Crippen LogP contribution in [0.2, 0.25) is 0 Å². The summed E-state index contributed by atoms with van der Waals surface area (Å²) >= 11 is 0. The Kier molecular flexibility index (Phi) is 4.30. The van der Waals surface area contributed by atoms with Crippen molar-refractivity contribution >= 4 is 29.0 Å². The molecule has 2 fully saturated rings. The van der Waals surface area contributed by atoms with E-state index in [4.69, 9.17) is 9.52 Å². The molecule has 1 amide bonds. The minimum absolute atomic E-state index is 0.0110. The normalized spacial score (nSPS) is 19.9. The molecule has 2 aromatic rings. The molecule has 1 aromatic heterocycles. The molecule has 0 atom stereocenters. The second kappa shape index (κ2) is 6.63. The van der Waals surface area contributed by atoms with E-state index in [1.54, 1.807) is 0 Å². The third-order valence-electron chi connectivity index (χ3n) is 5.61. The molecule has 1 aliphatic heterocycles. The molecule has 138 valence electrons. The summed E-state index contributed by atoms with van der Waals surface area (Å²) in [6, 6.07) is 8.27. The molecule has 0 radical (unpaired) electrons. The number of hydrogen-bond donors (Lipinski definition) is 2. The van der Waals surface area contributed by atoms with Gasteiger partial charge < -0.3 is 19.7 Å². The average Bonchev–Trinajstić information content (AvgIpc) is 3.03. The number of benzene rings is 1. The van der Waals surface area contributed by atoms with Gasteiger partial charge in [0.1, 0.15) is 5.52 Å². The van der Waals surface area contributed by atoms with Crippen molar-refractivity contribution in [2.24, 2.45) is 5.92 Å². The highest BCUT2D eigenvalue weighted by Gasteiger charge is 2.41. The summed E-state index contributed by atoms with van der Waals surface area (Å²) in [5, 5.41) is 12.1. The largest absolute Gasteiger partial charge is 0.481 e. The Morgan fingerprint density at radius 1 is 1.27 bits per heavy atom. The molecule has 1 aliphatic carbocycles. The Labute approximate surface area is 151 Å². The molecule has 1 saturated carbocycles. The van der Waals surface area contributed by atoms with Crippen LogP contribution < -0.4 is 10.2 Å². The van der Waals surface area contributed by atoms with Gasteiger partial charge in [0, 0.05) is 19.0 Å². The molecule has 7 heteroatoms. The molecular formula is C19H23N3O4. The Morgan fingerprint density at radius 2 is 2.00 bits per heavy atom. The monoisotopic (exact) mass is 357 g/mol. The van der Waals surface area contributed by atoms with E-state index in [2.05, 4.69) is 15.2 Å². The van der Waals surface area contributed by atoms with Gasteiger partial charge in [-0.25, -0.2) is 0 Å². The predicted molar refractivity (Wildman–Crippen MR) is 95.9 cm³/mol. The highest BCUT2D eigenvalue weighted by molar-refractivity contribution is 5.81. The summed E-state index contributed by atoms with van der Waals surface area (Å²) in [4.78, 5) is 30.3. The van der Waals surface area contributed by atoms with Crippen LogP contribution in [0.3, 0.4) is 0 Å². The second-order valence-corrected chi connectivity index (χ2v) is 7.42. The smallest absolute Gasteiger partial charge is 0.305 e. The van der Waals surface area contributed by atoms with Crippen LogP contribution in [-0.2, 0) is 9.59 Å². The molecule has 26 heavy (non-hydrogen) atoms. The summed E-state index contributed by atoms with van der Waals surface area (Å²) in [5.74, 6) is -0.944. The summed E-state index contributed by atoms with van der Waals surface area (Å²) in [6.45, 7) is 1.41. The van der Waals surface area contributed by atoms with E-state index in [1.165, 1.54) is 0 Å². The zero-order valence-corrected chi connectivity index (χ0v) is 14.6. The number of oxazole rings is 1. The molecule has 2 N–H and O–H groups in total. The van der Waals surface area contributed by atoms with Gasteiger partial charge in [0.05, 0.1) is 12.0 Å². The number of aliphatic carboxylic acids is 1. The standard InChI is InChI=1S/C19H23N3O4/c23-16(24)12-19(8-3-9-19)21-17(25)13-6-10-22(11-7-13)18-20-14-4-1-2-5-15(14)26-18/h1-2,4-5,13H,3,6-12H2,(H,21,25)(H,23,24). The van der Waals surface area contributed by atoms with Gasteiger partial charge in [-0.1, -0.05) is 12.1 Å². The first kappa shape index (κ1) is 16.9. The third kappa shape index (κ3) is 3.25. The Bertz CT molecular complexity index is 786. The molecule has 1 saturated heterocycles. The lowest BCUT2D eigenvalue weighted by molar-refractivity contribution is -0.141. The first-order valence-electron chi connectivity index (χ1n) is 9.19. The van der Waals surface area contributed by atoms with E-state index >= 15 is 0 Å². The number of carboxylic acids is 1. The number of rotatable bonds is 5. The molecule has 7 nitrogen and oxygen atoms in total. The highest BCUT2D eigenvalue weighted by Crippen LogP contribution is 2.36. The van der Waals surface area contributed by atoms with E-state index in [0.717, 1.165) is 30.4 Å². The number of nitrogens with zero attached hydrogens (tertiary/aromatic N) is 2. The fourth-order valence-electron chi connectivity index (χ4n) is 3.93. The molecule has 2 heterocycles. The van der Waals surface area contributed by atoms with Gasteiger partial charge in [-0.05, 0) is 44.2 Å². The van der Waals surface area contributed by atoms with Crippen molar-refractivity contribution < 1.29 is 19.1 Å². The number of amides is 1. The number of carbonyl (C=O) groups is 2. The summed E-state index contributed by atoms with van der Waals surface area (Å²) < 4.78 is 5.80. The van der Waals surface area contributed by atoms with Gasteiger partial charge in [-0.15, -0.1) is 0 Å². The Balaban J connectivity index is 1.35. The Hall–Kier alpha value is -2.57. The van der Waals surface area contributed by atoms with E-state index < -0.39 is 11.5 Å². The van der Waals surface area contributed by atoms with Crippen molar-refractivity contribution in [2.45, 2.75) is 44.1 Å². The topological polar surface area (TPSA) is 95.7 Å². The third-order valence-corrected chi connectivity index (χ3v) is 5.61. The molecule has 0 spiro atoms. The molecule has 0 unspecified atom stereocenters. The van der Waals surface area contributed by atoms with Gasteiger partial charge >= 0.3 is 5.97 Å². The van der Waals surface area contributed by atoms with Crippen LogP contribution in [0.15, 0.2) is 28.7 Å². The first-order valence-corrected chi connectivity index (χ1v) is 9.19. The number of piperidine rings is 1. The van der Waals surface area contributed by atoms with Crippen LogP contribution in [0.4, 0.5) is 6.01 Å². The van der Waals surface area contributed by atoms with Gasteiger partial charge in [0.2, 0.25) is 5.91 Å². The molecule has 1 aromatic carbocycles. The number of aromatic nitrogens is 1. The number of anilines is 1. The van der Waals surface area contributed by atoms with E-state index in [9.17, 15) is 9.59 Å². The van der Waals surface area contributed by atoms with Gasteiger partial charge in [-0.3, -0.25) is 9.59 Å². The average molecular weight is 357 g/mol. The van der Waals surface area contributed by atoms with E-state index in [0.29, 0.717) is 31.9 Å². The van der Waals surface area contributed by atoms with Crippen molar-refractivity contribution in [3.63, 3.8) is 0 Å². The summed E-state index contributed by atoms with van der Waals surface area (Å²) in [5.41, 5.74) is 1.08. The Morgan fingerprint density at radius 3 is 2.62 bits per heavy atom. The lowest BCUT2D eigenvalue weighted by atomic mass is 9.74. The van der Waals surface area contributed by atoms with Gasteiger partial charge in [0.15, 0.2) is 5.58 Å². The zero-order valence-electron chi connectivity index (χ0n) is 14.6. The van der Waals surface area contributed by atoms with E-state index in [1.807, 2.05) is 24.3 Å². The number of carboxylic acid groups (broad SMARTS) is 1. The predicted octanol–water partition coefficient (Wildman–Crippen LogP) is 2.56. The van der Waals surface area contributed by atoms with Gasteiger partial charge in [0.25, 0.3) is 6.01 Å². The molecular weight excluding hydrogens is 334 g/mol. The van der Waals surface area contributed by atoms with Crippen LogP contribution in [0.1, 0.15) is 38.5 Å². The number of fused-ring (bicyclic) bond motifs is 1. The number of hydrogen-bond acceptors (Lipinski definition) is 5. The minimum Gasteiger partial charge on any atom is -0.481 e. The highest BCUT2D eigenvalue weighted by atomic mass is 16.4. The maximum absolute atomic E-state index is 12.6. The van der Waals surface area contributed by atoms with Gasteiger partial charge in [-0.2, -0.15) is 4.98 Å². The minimum atomic E-state index is -0.851. The lowest BCUT2D eigenvalue weighted by Crippen LogP contribution is -2.56. The quantitative estimate of drug-likeness (QED) is 0.854. The number of carbonyl (C=O) groups excluding carboxylic acids is 1. The maximum atomic E-state index is 12.6. The van der Waals surface area contributed by atoms with Crippen molar-refractivity contribution in [2.75, 3.05) is 18.0 Å². The van der Waals surface area contributed by atoms with Crippen molar-refractivity contribution in [1.29, 1.82) is 0 Å². The number of nitrogens with one attached hydrogen (secondary N) is 1. The fraction of sp³-hybridized carbons (Fsp3) is 0.526. The van der Waals surface area contributed by atoms with Crippen LogP contribution in [0.25, 0.3) is 11.1 Å². The zero-order chi connectivity index (χ0) is 18.1. The van der Waals surface area contributed by atoms with Crippen molar-refractivity contribution in [3.05, 3.63) is 24.3 Å². The molecule has 4 rings (SSSR count). The first-order chi connectivity index (χ1) is 12.5. The second-order valence-electron chi connectivity index (χ2n) is 7.42.